The lowest BCUT2D eigenvalue weighted by Crippen LogP contribution is -1.98. The number of nitrogens with two attached hydrogens (primary N) is 1. The van der Waals surface area contributed by atoms with Gasteiger partial charge in [-0.2, -0.15) is 5.10 Å². The first-order valence-electron chi connectivity index (χ1n) is 7.31. The maximum Gasteiger partial charge on any atom is 0.181 e. The summed E-state index contributed by atoms with van der Waals surface area (Å²) < 4.78 is 16.2. The zero-order chi connectivity index (χ0) is 16.9. The molecule has 124 valence electrons. The summed E-state index contributed by atoms with van der Waals surface area (Å²) in [6, 6.07) is 12.7. The summed E-state index contributed by atoms with van der Waals surface area (Å²) in [6.45, 7) is 0.268. The Labute approximate surface area is 139 Å². The highest BCUT2D eigenvalue weighted by atomic mass is 16.5. The normalized spacial score (nSPS) is 10.4. The van der Waals surface area contributed by atoms with Gasteiger partial charge in [0.05, 0.1) is 14.2 Å². The van der Waals surface area contributed by atoms with Crippen LogP contribution < -0.4 is 19.9 Å². The maximum atomic E-state index is 5.72. The minimum absolute atomic E-state index is 0.268. The Morgan fingerprint density at radius 1 is 1.04 bits per heavy atom. The van der Waals surface area contributed by atoms with Crippen LogP contribution in [0.15, 0.2) is 42.5 Å². The first kappa shape index (κ1) is 15.7. The molecule has 0 fully saturated rings. The molecule has 7 heteroatoms. The standard InChI is InChI=1S/C17H18N4O3/c1-22-14-7-6-11(8-15(14)23-2)17-19-16(20-21-17)10-24-13-5-3-4-12(18)9-13/h3-9H,10,18H2,1-2H3,(H,19,20,21). The van der Waals surface area contributed by atoms with E-state index in [1.807, 2.05) is 30.3 Å². The SMILES string of the molecule is COc1ccc(-c2n[nH]c(COc3cccc(N)c3)n2)cc1OC. The average molecular weight is 326 g/mol. The summed E-state index contributed by atoms with van der Waals surface area (Å²) in [5.74, 6) is 3.13. The van der Waals surface area contributed by atoms with Gasteiger partial charge >= 0.3 is 0 Å². The van der Waals surface area contributed by atoms with Gasteiger partial charge in [-0.3, -0.25) is 5.10 Å². The molecule has 0 aliphatic heterocycles. The Kier molecular flexibility index (Phi) is 4.51. The minimum Gasteiger partial charge on any atom is -0.493 e. The monoisotopic (exact) mass is 326 g/mol. The summed E-state index contributed by atoms with van der Waals surface area (Å²) in [7, 11) is 3.18. The molecule has 3 rings (SSSR count). The Bertz CT molecular complexity index is 832. The van der Waals surface area contributed by atoms with Gasteiger partial charge in [0.25, 0.3) is 0 Å². The van der Waals surface area contributed by atoms with Crippen molar-refractivity contribution in [1.82, 2.24) is 15.2 Å². The van der Waals surface area contributed by atoms with Crippen molar-refractivity contribution in [3.8, 4) is 28.6 Å². The first-order chi connectivity index (χ1) is 11.7. The highest BCUT2D eigenvalue weighted by Gasteiger charge is 2.10. The van der Waals surface area contributed by atoms with E-state index in [0.29, 0.717) is 34.6 Å². The molecule has 1 heterocycles. The van der Waals surface area contributed by atoms with Gasteiger partial charge in [0, 0.05) is 17.3 Å². The van der Waals surface area contributed by atoms with E-state index < -0.39 is 0 Å². The zero-order valence-electron chi connectivity index (χ0n) is 13.4. The highest BCUT2D eigenvalue weighted by molar-refractivity contribution is 5.60. The molecule has 3 aromatic rings. The van der Waals surface area contributed by atoms with E-state index in [1.54, 1.807) is 26.4 Å². The quantitative estimate of drug-likeness (QED) is 0.676. The number of methoxy groups -OCH3 is 2. The molecule has 2 aromatic carbocycles. The number of rotatable bonds is 6. The number of hydrogen-bond donors (Lipinski definition) is 2. The Balaban J connectivity index is 1.73. The lowest BCUT2D eigenvalue weighted by Gasteiger charge is -2.07. The van der Waals surface area contributed by atoms with Gasteiger partial charge in [0.2, 0.25) is 0 Å². The molecule has 0 amide bonds. The van der Waals surface area contributed by atoms with Gasteiger partial charge in [-0.05, 0) is 30.3 Å². The second-order valence-corrected chi connectivity index (χ2v) is 5.04. The summed E-state index contributed by atoms with van der Waals surface area (Å²) in [5, 5.41) is 7.08. The predicted molar refractivity (Wildman–Crippen MR) is 90.1 cm³/mol. The van der Waals surface area contributed by atoms with E-state index in [-0.39, 0.29) is 6.61 Å². The third kappa shape index (κ3) is 3.40. The van der Waals surface area contributed by atoms with Crippen LogP contribution in [0.2, 0.25) is 0 Å². The van der Waals surface area contributed by atoms with E-state index >= 15 is 0 Å². The van der Waals surface area contributed by atoms with Gasteiger partial charge in [0.1, 0.15) is 12.4 Å². The third-order valence-corrected chi connectivity index (χ3v) is 3.41. The number of nitrogen functional groups attached to an aromatic ring is 1. The van der Waals surface area contributed by atoms with Crippen LogP contribution >= 0.6 is 0 Å². The van der Waals surface area contributed by atoms with E-state index in [4.69, 9.17) is 19.9 Å². The fraction of sp³-hybridized carbons (Fsp3) is 0.176. The molecule has 0 bridgehead atoms. The van der Waals surface area contributed by atoms with Crippen LogP contribution in [0.5, 0.6) is 17.2 Å². The van der Waals surface area contributed by atoms with E-state index in [0.717, 1.165) is 5.56 Å². The number of benzene rings is 2. The van der Waals surface area contributed by atoms with Crippen molar-refractivity contribution in [2.75, 3.05) is 20.0 Å². The lowest BCUT2D eigenvalue weighted by molar-refractivity contribution is 0.296. The Morgan fingerprint density at radius 2 is 1.88 bits per heavy atom. The number of ether oxygens (including phenoxy) is 3. The topological polar surface area (TPSA) is 95.3 Å². The van der Waals surface area contributed by atoms with Crippen LogP contribution in [-0.4, -0.2) is 29.4 Å². The van der Waals surface area contributed by atoms with Crippen molar-refractivity contribution in [3.05, 3.63) is 48.3 Å². The number of hydrogen-bond acceptors (Lipinski definition) is 6. The number of anilines is 1. The smallest absolute Gasteiger partial charge is 0.181 e. The molecule has 0 aliphatic carbocycles. The second kappa shape index (κ2) is 6.91. The molecule has 0 aliphatic rings. The largest absolute Gasteiger partial charge is 0.493 e. The van der Waals surface area contributed by atoms with Gasteiger partial charge in [0.15, 0.2) is 23.1 Å². The number of H-pyrrole nitrogens is 1. The maximum absolute atomic E-state index is 5.72. The van der Waals surface area contributed by atoms with Crippen LogP contribution in [0.3, 0.4) is 0 Å². The summed E-state index contributed by atoms with van der Waals surface area (Å²) in [5.41, 5.74) is 7.19. The van der Waals surface area contributed by atoms with E-state index in [1.165, 1.54) is 0 Å². The van der Waals surface area contributed by atoms with Crippen molar-refractivity contribution >= 4 is 5.69 Å². The number of aromatic amines is 1. The van der Waals surface area contributed by atoms with Gasteiger partial charge in [-0.15, -0.1) is 0 Å². The molecular formula is C17H18N4O3. The second-order valence-electron chi connectivity index (χ2n) is 5.04. The van der Waals surface area contributed by atoms with Crippen LogP contribution in [0, 0.1) is 0 Å². The van der Waals surface area contributed by atoms with Crippen molar-refractivity contribution in [2.45, 2.75) is 6.61 Å². The minimum atomic E-state index is 0.268. The van der Waals surface area contributed by atoms with Crippen molar-refractivity contribution < 1.29 is 14.2 Å². The van der Waals surface area contributed by atoms with Crippen LogP contribution in [-0.2, 0) is 6.61 Å². The molecular weight excluding hydrogens is 308 g/mol. The van der Waals surface area contributed by atoms with Crippen molar-refractivity contribution in [1.29, 1.82) is 0 Å². The fourth-order valence-corrected chi connectivity index (χ4v) is 2.22. The molecule has 1 aromatic heterocycles. The fourth-order valence-electron chi connectivity index (χ4n) is 2.22. The number of aromatic nitrogens is 3. The molecule has 3 N–H and O–H groups in total. The van der Waals surface area contributed by atoms with Crippen LogP contribution in [0.25, 0.3) is 11.4 Å². The van der Waals surface area contributed by atoms with Gasteiger partial charge < -0.3 is 19.9 Å². The zero-order valence-corrected chi connectivity index (χ0v) is 13.4. The molecule has 0 saturated carbocycles. The number of nitrogens with zero attached hydrogens (tertiary/aromatic N) is 2. The lowest BCUT2D eigenvalue weighted by atomic mass is 10.2. The summed E-state index contributed by atoms with van der Waals surface area (Å²) in [6.07, 6.45) is 0. The van der Waals surface area contributed by atoms with E-state index in [2.05, 4.69) is 15.2 Å². The molecule has 0 spiro atoms. The predicted octanol–water partition coefficient (Wildman–Crippen LogP) is 2.65. The summed E-state index contributed by atoms with van der Waals surface area (Å²) in [4.78, 5) is 4.43. The van der Waals surface area contributed by atoms with Crippen LogP contribution in [0.4, 0.5) is 5.69 Å². The molecule has 0 atom stereocenters. The Hall–Kier alpha value is -3.22. The summed E-state index contributed by atoms with van der Waals surface area (Å²) >= 11 is 0. The van der Waals surface area contributed by atoms with Crippen molar-refractivity contribution in [2.24, 2.45) is 0 Å². The third-order valence-electron chi connectivity index (χ3n) is 3.41. The average Bonchev–Trinajstić information content (AvgIpc) is 3.08. The van der Waals surface area contributed by atoms with Gasteiger partial charge in [-0.1, -0.05) is 6.07 Å². The van der Waals surface area contributed by atoms with E-state index in [9.17, 15) is 0 Å². The molecule has 0 saturated heterocycles. The van der Waals surface area contributed by atoms with Crippen LogP contribution in [0.1, 0.15) is 5.82 Å². The first-order valence-corrected chi connectivity index (χ1v) is 7.31. The van der Waals surface area contributed by atoms with Crippen molar-refractivity contribution in [3.63, 3.8) is 0 Å². The highest BCUT2D eigenvalue weighted by Crippen LogP contribution is 2.31. The molecule has 0 unspecified atom stereocenters. The van der Waals surface area contributed by atoms with Gasteiger partial charge in [-0.25, -0.2) is 4.98 Å². The molecule has 0 radical (unpaired) electrons. The Morgan fingerprint density at radius 3 is 2.62 bits per heavy atom. The molecule has 7 nitrogen and oxygen atoms in total. The number of nitrogens with one attached hydrogen (secondary N) is 1. The molecule has 24 heavy (non-hydrogen) atoms.